The Morgan fingerprint density at radius 1 is 0.435 bits per heavy atom. The second-order valence-electron chi connectivity index (χ2n) is 14.5. The number of aliphatic carboxylic acids is 1. The van der Waals surface area contributed by atoms with E-state index in [2.05, 4.69) is 0 Å². The topological polar surface area (TPSA) is 223 Å². The molecule has 0 aliphatic carbocycles. The largest absolute Gasteiger partial charge is 0.480 e. The molecule has 1 N–H and O–H groups in total. The van der Waals surface area contributed by atoms with E-state index in [1.807, 2.05) is 130 Å². The molecule has 0 saturated heterocycles. The third-order valence-electron chi connectivity index (χ3n) is 6.50. The summed E-state index contributed by atoms with van der Waals surface area (Å²) < 4.78 is 0. The molecule has 21 heteroatoms. The predicted octanol–water partition coefficient (Wildman–Crippen LogP) is -1.36. The molecule has 0 aromatic heterocycles. The first-order chi connectivity index (χ1) is 28.6. The molecule has 368 valence electrons. The number of hydrogen-bond acceptors (Lipinski definition) is 16. The molecule has 0 heterocycles. The molecular weight excluding hydrogens is 809 g/mol. The van der Waals surface area contributed by atoms with E-state index in [0.717, 1.165) is 31.7 Å². The number of aldehydes is 5. The van der Waals surface area contributed by atoms with Gasteiger partial charge in [0.1, 0.15) is 38.0 Å². The van der Waals surface area contributed by atoms with Crippen molar-refractivity contribution >= 4 is 61.5 Å². The highest BCUT2D eigenvalue weighted by molar-refractivity contribution is 5.82. The molecule has 21 nitrogen and oxygen atoms in total. The summed E-state index contributed by atoms with van der Waals surface area (Å²) in [6, 6.07) is 0.341. The average molecular weight is 897 g/mol. The number of carbonyl (C=O) groups is 10. The van der Waals surface area contributed by atoms with Crippen molar-refractivity contribution < 1.29 is 53.1 Å². The maximum atomic E-state index is 11.4. The Morgan fingerprint density at radius 3 is 0.935 bits per heavy atom. The molecule has 0 aliphatic rings. The van der Waals surface area contributed by atoms with Crippen LogP contribution in [0.25, 0.3) is 0 Å². The van der Waals surface area contributed by atoms with Crippen LogP contribution in [-0.2, 0) is 47.9 Å². The first kappa shape index (κ1) is 74.9. The van der Waals surface area contributed by atoms with Gasteiger partial charge in [0.25, 0.3) is 0 Å². The van der Waals surface area contributed by atoms with E-state index in [-0.39, 0.29) is 43.9 Å². The predicted molar refractivity (Wildman–Crippen MR) is 247 cm³/mol. The van der Waals surface area contributed by atoms with Gasteiger partial charge in [-0.25, -0.2) is 0 Å². The summed E-state index contributed by atoms with van der Waals surface area (Å²) in [7, 11) is 26.8. The monoisotopic (exact) mass is 897 g/mol. The van der Waals surface area contributed by atoms with Crippen molar-refractivity contribution in [2.75, 3.05) is 171 Å². The zero-order valence-corrected chi connectivity index (χ0v) is 42.1. The van der Waals surface area contributed by atoms with Crippen LogP contribution in [-0.4, -0.2) is 293 Å². The molecule has 4 amide bonds. The van der Waals surface area contributed by atoms with Gasteiger partial charge in [-0.1, -0.05) is 13.8 Å². The Hall–Kier alpha value is -4.54. The van der Waals surface area contributed by atoms with E-state index < -0.39 is 5.97 Å². The fourth-order valence-corrected chi connectivity index (χ4v) is 2.59. The van der Waals surface area contributed by atoms with Gasteiger partial charge in [-0.2, -0.15) is 0 Å². The van der Waals surface area contributed by atoms with Crippen LogP contribution >= 0.6 is 0 Å². The lowest BCUT2D eigenvalue weighted by molar-refractivity contribution is -0.143. The smallest absolute Gasteiger partial charge is 0.323 e. The standard InChI is InChI=1S/C9H18N2O2.C7H14N2O3.C7H16N2O.C4H7NO2.3C4H9NO.C2H6/c1-8(2)11(4)7-9(13)10(3)5-6-12;1-8(2)4-6(10)9(3)5-7(11)12;1-5-9(4)7(10)6-8(2)3;1-5(4-7)2-3-6;3*1-5(2)3-4-6;1-2/h6,8H,5,7H2,1-4H3;4-5H2,1-3H3,(H,11,12);5-6H2,1-4H3;3-4H,2H2,1H3;3*4H,3H2,1-2H3;1-2H3. The second kappa shape index (κ2) is 54.5. The van der Waals surface area contributed by atoms with Crippen LogP contribution in [0, 0.1) is 0 Å². The first-order valence-electron chi connectivity index (χ1n) is 19.8. The van der Waals surface area contributed by atoms with Crippen LogP contribution in [0.1, 0.15) is 34.6 Å². The summed E-state index contributed by atoms with van der Waals surface area (Å²) in [5, 5.41) is 8.36. The number of nitrogens with zero attached hydrogens (tertiary/aromatic N) is 10. The summed E-state index contributed by atoms with van der Waals surface area (Å²) >= 11 is 0. The lowest BCUT2D eigenvalue weighted by Crippen LogP contribution is -2.39. The Balaban J connectivity index is -0.0000000928. The van der Waals surface area contributed by atoms with Gasteiger partial charge in [-0.05, 0) is 98.3 Å². The number of carboxylic acids is 1. The zero-order chi connectivity index (χ0) is 51.0. The number of carbonyl (C=O) groups excluding carboxylic acids is 9. The molecule has 0 spiro atoms. The Kier molecular flexibility index (Phi) is 65.8. The maximum absolute atomic E-state index is 11.4. The van der Waals surface area contributed by atoms with Crippen molar-refractivity contribution in [1.82, 2.24) is 49.0 Å². The Labute approximate surface area is 374 Å². The average Bonchev–Trinajstić information content (AvgIpc) is 3.16. The fraction of sp³-hybridized carbons (Fsp3) is 0.756. The third kappa shape index (κ3) is 76.2. The van der Waals surface area contributed by atoms with Crippen LogP contribution in [0.5, 0.6) is 0 Å². The van der Waals surface area contributed by atoms with E-state index in [1.54, 1.807) is 38.0 Å². The molecule has 0 saturated carbocycles. The van der Waals surface area contributed by atoms with Gasteiger partial charge < -0.3 is 73.2 Å². The van der Waals surface area contributed by atoms with Crippen LogP contribution in [0.2, 0.25) is 0 Å². The van der Waals surface area contributed by atoms with Crippen LogP contribution in [0.15, 0.2) is 0 Å². The van der Waals surface area contributed by atoms with E-state index in [9.17, 15) is 47.9 Å². The van der Waals surface area contributed by atoms with E-state index >= 15 is 0 Å². The normalized spacial score (nSPS) is 9.40. The molecule has 0 fully saturated rings. The lowest BCUT2D eigenvalue weighted by Gasteiger charge is -2.23. The van der Waals surface area contributed by atoms with Crippen molar-refractivity contribution in [2.24, 2.45) is 0 Å². The van der Waals surface area contributed by atoms with Crippen LogP contribution in [0.4, 0.5) is 0 Å². The molecule has 62 heavy (non-hydrogen) atoms. The number of amides is 4. The minimum Gasteiger partial charge on any atom is -0.480 e. The van der Waals surface area contributed by atoms with Gasteiger partial charge in [-0.3, -0.25) is 28.9 Å². The minimum atomic E-state index is -0.996. The van der Waals surface area contributed by atoms with Gasteiger partial charge in [-0.15, -0.1) is 0 Å². The highest BCUT2D eigenvalue weighted by Gasteiger charge is 2.13. The van der Waals surface area contributed by atoms with Gasteiger partial charge >= 0.3 is 5.97 Å². The Bertz CT molecular complexity index is 1090. The number of hydrogen-bond donors (Lipinski definition) is 1. The fourth-order valence-electron chi connectivity index (χ4n) is 2.59. The highest BCUT2D eigenvalue weighted by atomic mass is 16.4. The van der Waals surface area contributed by atoms with E-state index in [1.165, 1.54) is 21.7 Å². The molecule has 0 radical (unpaired) electrons. The van der Waals surface area contributed by atoms with Crippen molar-refractivity contribution in [1.29, 1.82) is 0 Å². The molecule has 0 bridgehead atoms. The maximum Gasteiger partial charge on any atom is 0.323 e. The van der Waals surface area contributed by atoms with Gasteiger partial charge in [0.15, 0.2) is 0 Å². The van der Waals surface area contributed by atoms with Crippen LogP contribution < -0.4 is 0 Å². The van der Waals surface area contributed by atoms with Gasteiger partial charge in [0.05, 0.1) is 52.4 Å². The molecule has 0 unspecified atom stereocenters. The summed E-state index contributed by atoms with van der Waals surface area (Å²) in [6.07, 6.45) is 4.63. The number of carboxylic acid groups (broad SMARTS) is 1. The summed E-state index contributed by atoms with van der Waals surface area (Å²) in [6.45, 7) is 13.6. The van der Waals surface area contributed by atoms with Crippen molar-refractivity contribution in [2.45, 2.75) is 40.7 Å². The third-order valence-corrected chi connectivity index (χ3v) is 6.50. The highest BCUT2D eigenvalue weighted by Crippen LogP contribution is 1.94. The van der Waals surface area contributed by atoms with E-state index in [0.29, 0.717) is 51.5 Å². The lowest BCUT2D eigenvalue weighted by atomic mass is 10.3. The molecule has 0 rings (SSSR count). The summed E-state index contributed by atoms with van der Waals surface area (Å²) in [5.74, 6) is -1.04. The summed E-state index contributed by atoms with van der Waals surface area (Å²) in [5.41, 5.74) is 0. The molecular formula is C41H88N10O11. The molecule has 0 aromatic rings. The second-order valence-corrected chi connectivity index (χ2v) is 14.5. The number of likely N-dealkylation sites (N-methyl/N-ethyl adjacent to an activating group) is 10. The van der Waals surface area contributed by atoms with Gasteiger partial charge in [0.2, 0.25) is 24.1 Å². The van der Waals surface area contributed by atoms with Crippen LogP contribution in [0.3, 0.4) is 0 Å². The first-order valence-corrected chi connectivity index (χ1v) is 19.8. The molecule has 0 aliphatic heterocycles. The molecule has 0 atom stereocenters. The van der Waals surface area contributed by atoms with Gasteiger partial charge in [0, 0.05) is 40.8 Å². The zero-order valence-electron chi connectivity index (χ0n) is 42.1. The minimum absolute atomic E-state index is 0.0247. The van der Waals surface area contributed by atoms with Crippen molar-refractivity contribution in [3.63, 3.8) is 0 Å². The van der Waals surface area contributed by atoms with Crippen molar-refractivity contribution in [3.8, 4) is 0 Å². The van der Waals surface area contributed by atoms with E-state index in [4.69, 9.17) is 5.11 Å². The van der Waals surface area contributed by atoms with Crippen molar-refractivity contribution in [3.05, 3.63) is 0 Å². The molecule has 0 aromatic carbocycles. The SMILES string of the molecule is CC.CC(C)N(C)CC(=O)N(C)CC=O.CCN(C)C(=O)CN(C)C.CN(C)CC(=O)N(C)CC(=O)O.CN(C)CC=O.CN(C)CC=O.CN(C)CC=O.CN(C=O)CC=O. The number of rotatable bonds is 21. The summed E-state index contributed by atoms with van der Waals surface area (Å²) in [4.78, 5) is 118. The quantitative estimate of drug-likeness (QED) is 0.132. The Morgan fingerprint density at radius 2 is 0.742 bits per heavy atom.